The number of nitrogens with zero attached hydrogens (tertiary/aromatic N) is 1. The molecule has 0 spiro atoms. The molecule has 164 valence electrons. The van der Waals surface area contributed by atoms with Crippen molar-refractivity contribution < 1.29 is 19.3 Å². The maximum atomic E-state index is 10.7. The van der Waals surface area contributed by atoms with Crippen LogP contribution >= 0.6 is 0 Å². The SMILES string of the molecule is COc1cccc(CN(Cc2ccccc2)CC(O)COCc2ccccc2)c1OC. The average molecular weight is 422 g/mol. The van der Waals surface area contributed by atoms with E-state index >= 15 is 0 Å². The molecule has 0 radical (unpaired) electrons. The summed E-state index contributed by atoms with van der Waals surface area (Å²) in [5.41, 5.74) is 3.29. The molecule has 0 aromatic heterocycles. The van der Waals surface area contributed by atoms with Gasteiger partial charge in [-0.3, -0.25) is 4.90 Å². The van der Waals surface area contributed by atoms with Gasteiger partial charge >= 0.3 is 0 Å². The summed E-state index contributed by atoms with van der Waals surface area (Å²) in [4.78, 5) is 2.20. The Hall–Kier alpha value is -2.86. The van der Waals surface area contributed by atoms with E-state index in [1.807, 2.05) is 66.7 Å². The standard InChI is InChI=1S/C26H31NO4/c1-29-25-15-9-14-23(26(25)30-2)17-27(16-21-10-5-3-6-11-21)18-24(28)20-31-19-22-12-7-4-8-13-22/h3-15,24,28H,16-20H2,1-2H3. The van der Waals surface area contributed by atoms with Crippen molar-refractivity contribution in [1.29, 1.82) is 0 Å². The Labute approximate surface area is 184 Å². The van der Waals surface area contributed by atoms with Crippen molar-refractivity contribution >= 4 is 0 Å². The van der Waals surface area contributed by atoms with Gasteiger partial charge in [-0.25, -0.2) is 0 Å². The maximum absolute atomic E-state index is 10.7. The Morgan fingerprint density at radius 3 is 2.10 bits per heavy atom. The van der Waals surface area contributed by atoms with E-state index in [4.69, 9.17) is 14.2 Å². The van der Waals surface area contributed by atoms with E-state index in [0.717, 1.165) is 16.9 Å². The molecule has 0 saturated heterocycles. The van der Waals surface area contributed by atoms with Crippen LogP contribution in [0, 0.1) is 0 Å². The first kappa shape index (κ1) is 22.8. The van der Waals surface area contributed by atoms with Crippen LogP contribution in [0.4, 0.5) is 0 Å². The molecule has 1 unspecified atom stereocenters. The summed E-state index contributed by atoms with van der Waals surface area (Å²) in [5, 5.41) is 10.7. The van der Waals surface area contributed by atoms with Crippen LogP contribution in [0.25, 0.3) is 0 Å². The molecule has 3 aromatic rings. The number of aliphatic hydroxyl groups is 1. The third-order valence-corrected chi connectivity index (χ3v) is 5.02. The maximum Gasteiger partial charge on any atom is 0.165 e. The van der Waals surface area contributed by atoms with E-state index in [9.17, 15) is 5.11 Å². The Morgan fingerprint density at radius 2 is 1.45 bits per heavy atom. The molecule has 0 aliphatic rings. The smallest absolute Gasteiger partial charge is 0.165 e. The van der Waals surface area contributed by atoms with Gasteiger partial charge in [0.15, 0.2) is 11.5 Å². The summed E-state index contributed by atoms with van der Waals surface area (Å²) in [6, 6.07) is 26.1. The van der Waals surface area contributed by atoms with Gasteiger partial charge in [0.1, 0.15) is 0 Å². The first-order valence-corrected chi connectivity index (χ1v) is 10.5. The second kappa shape index (κ2) is 12.1. The molecule has 1 N–H and O–H groups in total. The Bertz CT molecular complexity index is 902. The Kier molecular flexibility index (Phi) is 8.91. The lowest BCUT2D eigenvalue weighted by Gasteiger charge is -2.26. The van der Waals surface area contributed by atoms with Gasteiger partial charge in [0.25, 0.3) is 0 Å². The predicted molar refractivity (Wildman–Crippen MR) is 122 cm³/mol. The minimum atomic E-state index is -0.607. The summed E-state index contributed by atoms with van der Waals surface area (Å²) in [6.45, 7) is 2.56. The van der Waals surface area contributed by atoms with Gasteiger partial charge in [-0.2, -0.15) is 0 Å². The zero-order valence-electron chi connectivity index (χ0n) is 18.2. The van der Waals surface area contributed by atoms with Crippen molar-refractivity contribution in [1.82, 2.24) is 4.90 Å². The van der Waals surface area contributed by atoms with Crippen molar-refractivity contribution in [3.63, 3.8) is 0 Å². The highest BCUT2D eigenvalue weighted by atomic mass is 16.5. The number of para-hydroxylation sites is 1. The zero-order valence-corrected chi connectivity index (χ0v) is 18.2. The number of rotatable bonds is 12. The van der Waals surface area contributed by atoms with Crippen molar-refractivity contribution in [3.8, 4) is 11.5 Å². The normalized spacial score (nSPS) is 12.0. The van der Waals surface area contributed by atoms with Crippen LogP contribution in [-0.2, 0) is 24.4 Å². The molecule has 0 bridgehead atoms. The van der Waals surface area contributed by atoms with Crippen LogP contribution in [0.3, 0.4) is 0 Å². The minimum Gasteiger partial charge on any atom is -0.493 e. The third-order valence-electron chi connectivity index (χ3n) is 5.02. The van der Waals surface area contributed by atoms with Gasteiger partial charge in [-0.1, -0.05) is 72.8 Å². The summed E-state index contributed by atoms with van der Waals surface area (Å²) in [6.07, 6.45) is -0.607. The fourth-order valence-electron chi connectivity index (χ4n) is 3.58. The minimum absolute atomic E-state index is 0.273. The van der Waals surface area contributed by atoms with Gasteiger partial charge in [0.2, 0.25) is 0 Å². The van der Waals surface area contributed by atoms with E-state index in [2.05, 4.69) is 17.0 Å². The van der Waals surface area contributed by atoms with Gasteiger partial charge in [0.05, 0.1) is 33.5 Å². The fraction of sp³-hybridized carbons (Fsp3) is 0.308. The quantitative estimate of drug-likeness (QED) is 0.473. The third kappa shape index (κ3) is 7.10. The van der Waals surface area contributed by atoms with Gasteiger partial charge < -0.3 is 19.3 Å². The predicted octanol–water partition coefficient (Wildman–Crippen LogP) is 4.28. The molecule has 3 rings (SSSR count). The highest BCUT2D eigenvalue weighted by Crippen LogP contribution is 2.31. The van der Waals surface area contributed by atoms with E-state index in [1.165, 1.54) is 5.56 Å². The van der Waals surface area contributed by atoms with Crippen LogP contribution in [0.15, 0.2) is 78.9 Å². The van der Waals surface area contributed by atoms with Crippen LogP contribution < -0.4 is 9.47 Å². The Balaban J connectivity index is 1.66. The van der Waals surface area contributed by atoms with Crippen LogP contribution in [0.5, 0.6) is 11.5 Å². The monoisotopic (exact) mass is 421 g/mol. The molecule has 1 atom stereocenters. The number of aliphatic hydroxyl groups excluding tert-OH is 1. The number of ether oxygens (including phenoxy) is 3. The molecule has 0 fully saturated rings. The second-order valence-corrected chi connectivity index (χ2v) is 7.46. The number of benzene rings is 3. The lowest BCUT2D eigenvalue weighted by Crippen LogP contribution is -2.34. The highest BCUT2D eigenvalue weighted by molar-refractivity contribution is 5.46. The molecule has 0 aliphatic carbocycles. The van der Waals surface area contributed by atoms with Crippen molar-refractivity contribution in [3.05, 3.63) is 95.6 Å². The zero-order chi connectivity index (χ0) is 21.9. The average Bonchev–Trinajstić information content (AvgIpc) is 2.80. The van der Waals surface area contributed by atoms with Crippen molar-refractivity contribution in [2.24, 2.45) is 0 Å². The topological polar surface area (TPSA) is 51.2 Å². The highest BCUT2D eigenvalue weighted by Gasteiger charge is 2.17. The summed E-state index contributed by atoms with van der Waals surface area (Å²) >= 11 is 0. The lowest BCUT2D eigenvalue weighted by atomic mass is 10.1. The number of methoxy groups -OCH3 is 2. The van der Waals surface area contributed by atoms with E-state index < -0.39 is 6.10 Å². The molecule has 0 amide bonds. The molecule has 0 aliphatic heterocycles. The molecular weight excluding hydrogens is 390 g/mol. The van der Waals surface area contributed by atoms with Crippen LogP contribution in [0.1, 0.15) is 16.7 Å². The van der Waals surface area contributed by atoms with Gasteiger partial charge in [-0.15, -0.1) is 0 Å². The molecule has 0 heterocycles. The van der Waals surface area contributed by atoms with E-state index in [0.29, 0.717) is 32.0 Å². The van der Waals surface area contributed by atoms with Gasteiger partial charge in [0, 0.05) is 25.2 Å². The van der Waals surface area contributed by atoms with Crippen LogP contribution in [-0.4, -0.2) is 43.5 Å². The second-order valence-electron chi connectivity index (χ2n) is 7.46. The summed E-state index contributed by atoms with van der Waals surface area (Å²) in [5.74, 6) is 1.42. The van der Waals surface area contributed by atoms with Crippen LogP contribution in [0.2, 0.25) is 0 Å². The summed E-state index contributed by atoms with van der Waals surface area (Å²) < 4.78 is 16.8. The first-order valence-electron chi connectivity index (χ1n) is 10.5. The molecule has 3 aromatic carbocycles. The molecule has 5 nitrogen and oxygen atoms in total. The summed E-state index contributed by atoms with van der Waals surface area (Å²) in [7, 11) is 3.28. The number of hydrogen-bond acceptors (Lipinski definition) is 5. The molecule has 5 heteroatoms. The largest absolute Gasteiger partial charge is 0.493 e. The first-order chi connectivity index (χ1) is 15.2. The van der Waals surface area contributed by atoms with Gasteiger partial charge in [-0.05, 0) is 17.2 Å². The fourth-order valence-corrected chi connectivity index (χ4v) is 3.58. The molecule has 31 heavy (non-hydrogen) atoms. The van der Waals surface area contributed by atoms with E-state index in [-0.39, 0.29) is 6.61 Å². The van der Waals surface area contributed by atoms with Crippen molar-refractivity contribution in [2.45, 2.75) is 25.8 Å². The molecule has 0 saturated carbocycles. The number of hydrogen-bond donors (Lipinski definition) is 1. The lowest BCUT2D eigenvalue weighted by molar-refractivity contribution is 0.00701. The van der Waals surface area contributed by atoms with E-state index in [1.54, 1.807) is 14.2 Å². The molecular formula is C26H31NO4. The Morgan fingerprint density at radius 1 is 0.774 bits per heavy atom. The van der Waals surface area contributed by atoms with Crippen molar-refractivity contribution in [2.75, 3.05) is 27.4 Å².